The molecule has 3 rings (SSSR count). The first-order valence-electron chi connectivity index (χ1n) is 6.66. The van der Waals surface area contributed by atoms with Crippen molar-refractivity contribution in [1.29, 1.82) is 0 Å². The number of amides is 1. The lowest BCUT2D eigenvalue weighted by Crippen LogP contribution is -2.10. The molecule has 0 saturated heterocycles. The Morgan fingerprint density at radius 2 is 1.86 bits per heavy atom. The molecule has 3 N–H and O–H groups in total. The second-order valence-electron chi connectivity index (χ2n) is 4.95. The van der Waals surface area contributed by atoms with Crippen LogP contribution in [0.4, 0.5) is 11.4 Å². The minimum absolute atomic E-state index is 0.425. The van der Waals surface area contributed by atoms with E-state index in [1.165, 1.54) is 5.56 Å². The fraction of sp³-hybridized carbons (Fsp3) is 0.0588. The van der Waals surface area contributed by atoms with Crippen LogP contribution in [0.3, 0.4) is 0 Å². The number of nitrogens with two attached hydrogens (primary N) is 1. The number of benzene rings is 2. The first-order chi connectivity index (χ1) is 10.1. The second-order valence-corrected chi connectivity index (χ2v) is 4.95. The molecule has 0 aliphatic heterocycles. The highest BCUT2D eigenvalue weighted by Crippen LogP contribution is 2.26. The number of nitrogens with zero attached hydrogens (tertiary/aromatic N) is 1. The lowest BCUT2D eigenvalue weighted by Gasteiger charge is -2.10. The van der Waals surface area contributed by atoms with Crippen LogP contribution in [-0.4, -0.2) is 10.9 Å². The minimum atomic E-state index is -0.425. The predicted octanol–water partition coefficient (Wildman–Crippen LogP) is 3.39. The highest BCUT2D eigenvalue weighted by molar-refractivity contribution is 5.95. The van der Waals surface area contributed by atoms with Gasteiger partial charge in [0.05, 0.1) is 5.52 Å². The largest absolute Gasteiger partial charge is 0.366 e. The summed E-state index contributed by atoms with van der Waals surface area (Å²) in [5, 5.41) is 4.41. The van der Waals surface area contributed by atoms with E-state index >= 15 is 0 Å². The van der Waals surface area contributed by atoms with E-state index in [4.69, 9.17) is 5.73 Å². The number of fused-ring (bicyclic) bond motifs is 1. The standard InChI is InChI=1S/C17H15N3O/c1-11-2-7-15-14(10-11)16(8-9-19-15)20-13-5-3-12(4-6-13)17(18)21/h2-10H,1H3,(H2,18,21)(H,19,20). The quantitative estimate of drug-likeness (QED) is 0.771. The Morgan fingerprint density at radius 3 is 2.57 bits per heavy atom. The van der Waals surface area contributed by atoms with Crippen LogP contribution in [0.2, 0.25) is 0 Å². The summed E-state index contributed by atoms with van der Waals surface area (Å²) in [4.78, 5) is 15.4. The number of aryl methyl sites for hydroxylation is 1. The topological polar surface area (TPSA) is 68.0 Å². The van der Waals surface area contributed by atoms with Crippen LogP contribution in [0.5, 0.6) is 0 Å². The van der Waals surface area contributed by atoms with Crippen molar-refractivity contribution in [2.45, 2.75) is 6.92 Å². The lowest BCUT2D eigenvalue weighted by molar-refractivity contribution is 0.100. The molecule has 3 aromatic rings. The zero-order valence-electron chi connectivity index (χ0n) is 11.6. The summed E-state index contributed by atoms with van der Waals surface area (Å²) in [7, 11) is 0. The molecule has 0 fully saturated rings. The molecule has 1 heterocycles. The van der Waals surface area contributed by atoms with Crippen molar-refractivity contribution in [3.8, 4) is 0 Å². The molecule has 4 nitrogen and oxygen atoms in total. The first-order valence-corrected chi connectivity index (χ1v) is 6.66. The molecule has 0 atom stereocenters. The summed E-state index contributed by atoms with van der Waals surface area (Å²) in [6, 6.07) is 15.2. The summed E-state index contributed by atoms with van der Waals surface area (Å²) in [5.74, 6) is -0.425. The Hall–Kier alpha value is -2.88. The van der Waals surface area contributed by atoms with E-state index in [1.807, 2.05) is 30.3 Å². The molecule has 0 radical (unpaired) electrons. The third-order valence-electron chi connectivity index (χ3n) is 3.35. The molecule has 0 aliphatic rings. The highest BCUT2D eigenvalue weighted by Gasteiger charge is 2.04. The van der Waals surface area contributed by atoms with Gasteiger partial charge in [-0.25, -0.2) is 0 Å². The molecule has 21 heavy (non-hydrogen) atoms. The fourth-order valence-electron chi connectivity index (χ4n) is 2.24. The van der Waals surface area contributed by atoms with Gasteiger partial charge < -0.3 is 11.1 Å². The van der Waals surface area contributed by atoms with Gasteiger partial charge in [-0.3, -0.25) is 9.78 Å². The van der Waals surface area contributed by atoms with Crippen molar-refractivity contribution in [3.05, 3.63) is 65.9 Å². The number of carbonyl (C=O) groups excluding carboxylic acids is 1. The number of anilines is 2. The Bertz CT molecular complexity index is 810. The Labute approximate surface area is 122 Å². The van der Waals surface area contributed by atoms with E-state index in [0.717, 1.165) is 22.3 Å². The van der Waals surface area contributed by atoms with Crippen molar-refractivity contribution < 1.29 is 4.79 Å². The third kappa shape index (κ3) is 2.69. The number of pyridine rings is 1. The molecular formula is C17H15N3O. The molecule has 0 unspecified atom stereocenters. The van der Waals surface area contributed by atoms with Crippen molar-refractivity contribution >= 4 is 28.2 Å². The number of nitrogens with one attached hydrogen (secondary N) is 1. The molecule has 0 spiro atoms. The third-order valence-corrected chi connectivity index (χ3v) is 3.35. The van der Waals surface area contributed by atoms with Crippen LogP contribution < -0.4 is 11.1 Å². The van der Waals surface area contributed by atoms with Gasteiger partial charge in [0, 0.05) is 28.5 Å². The van der Waals surface area contributed by atoms with E-state index < -0.39 is 5.91 Å². The van der Waals surface area contributed by atoms with E-state index in [9.17, 15) is 4.79 Å². The Balaban J connectivity index is 1.97. The van der Waals surface area contributed by atoms with E-state index in [-0.39, 0.29) is 0 Å². The number of primary amides is 1. The Morgan fingerprint density at radius 1 is 1.10 bits per heavy atom. The van der Waals surface area contributed by atoms with Crippen LogP contribution >= 0.6 is 0 Å². The van der Waals surface area contributed by atoms with Gasteiger partial charge in [0.15, 0.2) is 0 Å². The minimum Gasteiger partial charge on any atom is -0.366 e. The number of carbonyl (C=O) groups is 1. The van der Waals surface area contributed by atoms with E-state index in [1.54, 1.807) is 18.3 Å². The van der Waals surface area contributed by atoms with Gasteiger partial charge in [-0.1, -0.05) is 11.6 Å². The molecule has 104 valence electrons. The molecule has 2 aromatic carbocycles. The zero-order chi connectivity index (χ0) is 14.8. The molecule has 1 amide bonds. The van der Waals surface area contributed by atoms with Gasteiger partial charge >= 0.3 is 0 Å². The average Bonchev–Trinajstić information content (AvgIpc) is 2.48. The van der Waals surface area contributed by atoms with Crippen LogP contribution in [0.1, 0.15) is 15.9 Å². The van der Waals surface area contributed by atoms with Crippen molar-refractivity contribution in [3.63, 3.8) is 0 Å². The van der Waals surface area contributed by atoms with Crippen LogP contribution in [0, 0.1) is 6.92 Å². The smallest absolute Gasteiger partial charge is 0.248 e. The zero-order valence-corrected chi connectivity index (χ0v) is 11.6. The maximum Gasteiger partial charge on any atom is 0.248 e. The van der Waals surface area contributed by atoms with Crippen molar-refractivity contribution in [1.82, 2.24) is 4.98 Å². The Kier molecular flexibility index (Phi) is 3.28. The summed E-state index contributed by atoms with van der Waals surface area (Å²) in [6.07, 6.45) is 1.78. The second kappa shape index (κ2) is 5.25. The summed E-state index contributed by atoms with van der Waals surface area (Å²) >= 11 is 0. The number of aromatic nitrogens is 1. The molecule has 0 aliphatic carbocycles. The van der Waals surface area contributed by atoms with Gasteiger partial charge in [-0.2, -0.15) is 0 Å². The molecule has 0 bridgehead atoms. The molecule has 0 saturated carbocycles. The molecular weight excluding hydrogens is 262 g/mol. The summed E-state index contributed by atoms with van der Waals surface area (Å²) in [6.45, 7) is 2.05. The molecule has 4 heteroatoms. The van der Waals surface area contributed by atoms with Gasteiger partial charge in [-0.05, 0) is 49.4 Å². The monoisotopic (exact) mass is 277 g/mol. The van der Waals surface area contributed by atoms with Gasteiger partial charge in [0.2, 0.25) is 5.91 Å². The fourth-order valence-corrected chi connectivity index (χ4v) is 2.24. The van der Waals surface area contributed by atoms with Crippen molar-refractivity contribution in [2.75, 3.05) is 5.32 Å². The predicted molar refractivity (Wildman–Crippen MR) is 84.7 cm³/mol. The summed E-state index contributed by atoms with van der Waals surface area (Å²) in [5.41, 5.74) is 9.74. The lowest BCUT2D eigenvalue weighted by atomic mass is 10.1. The number of hydrogen-bond donors (Lipinski definition) is 2. The SMILES string of the molecule is Cc1ccc2nccc(Nc3ccc(C(N)=O)cc3)c2c1. The van der Waals surface area contributed by atoms with Gasteiger partial charge in [0.25, 0.3) is 0 Å². The normalized spacial score (nSPS) is 10.5. The van der Waals surface area contributed by atoms with Crippen LogP contribution in [-0.2, 0) is 0 Å². The van der Waals surface area contributed by atoms with E-state index in [2.05, 4.69) is 23.3 Å². The molecule has 1 aromatic heterocycles. The number of rotatable bonds is 3. The number of hydrogen-bond acceptors (Lipinski definition) is 3. The van der Waals surface area contributed by atoms with Crippen LogP contribution in [0.15, 0.2) is 54.7 Å². The maximum atomic E-state index is 11.1. The van der Waals surface area contributed by atoms with E-state index in [0.29, 0.717) is 5.56 Å². The van der Waals surface area contributed by atoms with Gasteiger partial charge in [-0.15, -0.1) is 0 Å². The average molecular weight is 277 g/mol. The van der Waals surface area contributed by atoms with Gasteiger partial charge in [0.1, 0.15) is 0 Å². The first kappa shape index (κ1) is 13.1. The van der Waals surface area contributed by atoms with Crippen molar-refractivity contribution in [2.24, 2.45) is 5.73 Å². The van der Waals surface area contributed by atoms with Crippen LogP contribution in [0.25, 0.3) is 10.9 Å². The maximum absolute atomic E-state index is 11.1. The highest BCUT2D eigenvalue weighted by atomic mass is 16.1. The summed E-state index contributed by atoms with van der Waals surface area (Å²) < 4.78 is 0.